The highest BCUT2D eigenvalue weighted by atomic mass is 19.3. The van der Waals surface area contributed by atoms with Crippen molar-refractivity contribution in [2.75, 3.05) is 6.61 Å². The van der Waals surface area contributed by atoms with Gasteiger partial charge in [-0.2, -0.15) is 0 Å². The molecule has 0 saturated heterocycles. The van der Waals surface area contributed by atoms with Gasteiger partial charge in [-0.3, -0.25) is 0 Å². The number of hydrogen-bond acceptors (Lipinski definition) is 1. The molecule has 0 aromatic rings. The monoisotopic (exact) mass is 220 g/mol. The minimum absolute atomic E-state index is 0.371. The first-order chi connectivity index (χ1) is 6.97. The number of alkyl halides is 2. The molecule has 0 bridgehead atoms. The normalized spacial score (nSPS) is 28.4. The Labute approximate surface area is 90.9 Å². The molecule has 0 unspecified atom stereocenters. The Morgan fingerprint density at radius 3 is 2.13 bits per heavy atom. The Kier molecular flexibility index (Phi) is 4.50. The lowest BCUT2D eigenvalue weighted by atomic mass is 9.74. The molecule has 0 atom stereocenters. The maximum atomic E-state index is 13.5. The van der Waals surface area contributed by atoms with Crippen LogP contribution in [-0.2, 0) is 0 Å². The number of halogens is 2. The van der Waals surface area contributed by atoms with Gasteiger partial charge in [0.25, 0.3) is 5.92 Å². The van der Waals surface area contributed by atoms with Gasteiger partial charge in [-0.25, -0.2) is 8.78 Å². The van der Waals surface area contributed by atoms with Crippen LogP contribution in [0.2, 0.25) is 0 Å². The van der Waals surface area contributed by atoms with Gasteiger partial charge in [0.2, 0.25) is 0 Å². The highest BCUT2D eigenvalue weighted by molar-refractivity contribution is 4.83. The van der Waals surface area contributed by atoms with E-state index in [0.29, 0.717) is 24.7 Å². The average Bonchev–Trinajstić information content (AvgIpc) is 2.18. The van der Waals surface area contributed by atoms with Crippen LogP contribution in [0, 0.1) is 17.8 Å². The predicted molar refractivity (Wildman–Crippen MR) is 56.9 cm³/mol. The van der Waals surface area contributed by atoms with Crippen LogP contribution < -0.4 is 0 Å². The molecule has 0 radical (unpaired) electrons. The number of aliphatic hydroxyl groups is 1. The molecule has 90 valence electrons. The van der Waals surface area contributed by atoms with Crippen LogP contribution in [-0.4, -0.2) is 17.6 Å². The van der Waals surface area contributed by atoms with Crippen molar-refractivity contribution in [3.8, 4) is 0 Å². The van der Waals surface area contributed by atoms with Crippen molar-refractivity contribution in [2.24, 2.45) is 17.8 Å². The highest BCUT2D eigenvalue weighted by Gasteiger charge is 2.40. The smallest absolute Gasteiger partial charge is 0.253 e. The van der Waals surface area contributed by atoms with Crippen LogP contribution in [0.15, 0.2) is 0 Å². The fraction of sp³-hybridized carbons (Fsp3) is 1.00. The van der Waals surface area contributed by atoms with Gasteiger partial charge < -0.3 is 5.11 Å². The molecule has 0 aromatic heterocycles. The fourth-order valence-electron chi connectivity index (χ4n) is 2.56. The van der Waals surface area contributed by atoms with Crippen molar-refractivity contribution in [3.05, 3.63) is 0 Å². The van der Waals surface area contributed by atoms with E-state index in [4.69, 9.17) is 5.11 Å². The highest BCUT2D eigenvalue weighted by Crippen LogP contribution is 2.42. The van der Waals surface area contributed by atoms with Crippen LogP contribution in [0.1, 0.15) is 46.0 Å². The minimum Gasteiger partial charge on any atom is -0.396 e. The van der Waals surface area contributed by atoms with E-state index in [9.17, 15) is 8.78 Å². The molecule has 15 heavy (non-hydrogen) atoms. The predicted octanol–water partition coefficient (Wildman–Crippen LogP) is 3.47. The summed E-state index contributed by atoms with van der Waals surface area (Å²) in [7, 11) is 0. The number of hydrogen-bond donors (Lipinski definition) is 1. The Bertz CT molecular complexity index is 184. The topological polar surface area (TPSA) is 20.2 Å². The molecule has 0 amide bonds. The zero-order valence-corrected chi connectivity index (χ0v) is 9.68. The maximum absolute atomic E-state index is 13.5. The summed E-state index contributed by atoms with van der Waals surface area (Å²) in [6, 6.07) is 0. The van der Waals surface area contributed by atoms with E-state index < -0.39 is 18.4 Å². The molecule has 0 spiro atoms. The second-order valence-corrected chi connectivity index (χ2v) is 5.09. The average molecular weight is 220 g/mol. The van der Waals surface area contributed by atoms with Crippen molar-refractivity contribution >= 4 is 0 Å². The fourth-order valence-corrected chi connectivity index (χ4v) is 2.56. The van der Waals surface area contributed by atoms with Crippen LogP contribution in [0.3, 0.4) is 0 Å². The first kappa shape index (κ1) is 12.9. The van der Waals surface area contributed by atoms with Crippen LogP contribution in [0.5, 0.6) is 0 Å². The largest absolute Gasteiger partial charge is 0.396 e. The molecule has 0 aliphatic heterocycles. The van der Waals surface area contributed by atoms with Crippen LogP contribution >= 0.6 is 0 Å². The lowest BCUT2D eigenvalue weighted by molar-refractivity contribution is -0.0911. The van der Waals surface area contributed by atoms with Gasteiger partial charge in [0.15, 0.2) is 0 Å². The van der Waals surface area contributed by atoms with Crippen molar-refractivity contribution in [2.45, 2.75) is 51.9 Å². The van der Waals surface area contributed by atoms with E-state index in [1.165, 1.54) is 0 Å². The zero-order valence-electron chi connectivity index (χ0n) is 9.68. The standard InChI is InChI=1S/C12H22F2O/c1-9(2)10-3-5-11(6-4-10)12(13,14)7-8-15/h9-11,15H,3-8H2,1-2H3. The molecule has 1 fully saturated rings. The first-order valence-corrected chi connectivity index (χ1v) is 5.96. The molecule has 0 aromatic carbocycles. The first-order valence-electron chi connectivity index (χ1n) is 5.96. The maximum Gasteiger partial charge on any atom is 0.253 e. The van der Waals surface area contributed by atoms with Gasteiger partial charge in [-0.1, -0.05) is 13.8 Å². The van der Waals surface area contributed by atoms with E-state index in [2.05, 4.69) is 13.8 Å². The van der Waals surface area contributed by atoms with Gasteiger partial charge in [0.1, 0.15) is 0 Å². The second kappa shape index (κ2) is 5.24. The third kappa shape index (κ3) is 3.40. The lowest BCUT2D eigenvalue weighted by Gasteiger charge is -2.35. The second-order valence-electron chi connectivity index (χ2n) is 5.09. The Morgan fingerprint density at radius 1 is 1.20 bits per heavy atom. The lowest BCUT2D eigenvalue weighted by Crippen LogP contribution is -2.33. The minimum atomic E-state index is -2.66. The van der Waals surface area contributed by atoms with Gasteiger partial charge >= 0.3 is 0 Å². The van der Waals surface area contributed by atoms with Gasteiger partial charge in [0.05, 0.1) is 0 Å². The SMILES string of the molecule is CC(C)C1CCC(C(F)(F)CCO)CC1. The van der Waals surface area contributed by atoms with E-state index in [1.54, 1.807) is 0 Å². The summed E-state index contributed by atoms with van der Waals surface area (Å²) in [4.78, 5) is 0. The molecule has 1 saturated carbocycles. The van der Waals surface area contributed by atoms with E-state index in [0.717, 1.165) is 12.8 Å². The molecule has 1 aliphatic carbocycles. The van der Waals surface area contributed by atoms with E-state index in [-0.39, 0.29) is 6.42 Å². The molecule has 0 heterocycles. The van der Waals surface area contributed by atoms with Crippen molar-refractivity contribution in [1.82, 2.24) is 0 Å². The molecular weight excluding hydrogens is 198 g/mol. The summed E-state index contributed by atoms with van der Waals surface area (Å²) < 4.78 is 27.0. The molecular formula is C12H22F2O. The van der Waals surface area contributed by atoms with Crippen molar-refractivity contribution in [1.29, 1.82) is 0 Å². The number of aliphatic hydroxyl groups excluding tert-OH is 1. The van der Waals surface area contributed by atoms with Crippen LogP contribution in [0.4, 0.5) is 8.78 Å². The molecule has 1 N–H and O–H groups in total. The Morgan fingerprint density at radius 2 is 1.73 bits per heavy atom. The Balaban J connectivity index is 2.43. The molecule has 1 rings (SSSR count). The van der Waals surface area contributed by atoms with Crippen molar-refractivity contribution in [3.63, 3.8) is 0 Å². The summed E-state index contributed by atoms with van der Waals surface area (Å²) in [6.07, 6.45) is 2.71. The number of rotatable bonds is 4. The Hall–Kier alpha value is -0.180. The third-order valence-corrected chi connectivity index (χ3v) is 3.76. The summed E-state index contributed by atoms with van der Waals surface area (Å²) >= 11 is 0. The van der Waals surface area contributed by atoms with E-state index in [1.807, 2.05) is 0 Å². The van der Waals surface area contributed by atoms with Gasteiger partial charge in [-0.05, 0) is 37.5 Å². The van der Waals surface area contributed by atoms with Crippen LogP contribution in [0.25, 0.3) is 0 Å². The summed E-state index contributed by atoms with van der Waals surface area (Å²) in [6.45, 7) is 3.92. The van der Waals surface area contributed by atoms with Gasteiger partial charge in [-0.15, -0.1) is 0 Å². The molecule has 3 heteroatoms. The molecule has 1 nitrogen and oxygen atoms in total. The molecule has 1 aliphatic rings. The third-order valence-electron chi connectivity index (χ3n) is 3.76. The summed E-state index contributed by atoms with van der Waals surface area (Å²) in [5.41, 5.74) is 0. The zero-order chi connectivity index (χ0) is 11.5. The van der Waals surface area contributed by atoms with Gasteiger partial charge in [0, 0.05) is 18.9 Å². The summed E-state index contributed by atoms with van der Waals surface area (Å²) in [5, 5.41) is 8.59. The quantitative estimate of drug-likeness (QED) is 0.769. The van der Waals surface area contributed by atoms with Crippen molar-refractivity contribution < 1.29 is 13.9 Å². The van der Waals surface area contributed by atoms with E-state index >= 15 is 0 Å². The summed E-state index contributed by atoms with van der Waals surface area (Å²) in [5.74, 6) is -1.93.